The fourth-order valence-electron chi connectivity index (χ4n) is 3.42. The molecule has 1 N–H and O–H groups in total. The number of imidazole rings is 1. The first kappa shape index (κ1) is 14.9. The molecule has 1 aliphatic rings. The molecule has 5 nitrogen and oxygen atoms in total. The molecule has 0 radical (unpaired) electrons. The topological polar surface area (TPSA) is 51.9 Å². The molecule has 0 spiro atoms. The van der Waals surface area contributed by atoms with E-state index in [1.807, 2.05) is 36.1 Å². The van der Waals surface area contributed by atoms with Gasteiger partial charge in [-0.05, 0) is 31.9 Å². The van der Waals surface area contributed by atoms with Crippen LogP contribution in [0.25, 0.3) is 0 Å². The summed E-state index contributed by atoms with van der Waals surface area (Å²) in [4.78, 5) is 16.6. The van der Waals surface area contributed by atoms with Crippen molar-refractivity contribution < 1.29 is 4.79 Å². The van der Waals surface area contributed by atoms with Crippen LogP contribution in [0.5, 0.6) is 0 Å². The van der Waals surface area contributed by atoms with Gasteiger partial charge in [0.25, 0.3) is 5.91 Å². The quantitative estimate of drug-likeness (QED) is 0.923. The average Bonchev–Trinajstić information content (AvgIpc) is 3.20. The molecule has 2 heterocycles. The second-order valence-corrected chi connectivity index (χ2v) is 6.13. The highest BCUT2D eigenvalue weighted by Gasteiger charge is 2.21. The molecular formula is C17H24N4O. The second-order valence-electron chi connectivity index (χ2n) is 6.13. The van der Waals surface area contributed by atoms with Crippen molar-refractivity contribution in [3.8, 4) is 0 Å². The molecule has 2 aromatic heterocycles. The summed E-state index contributed by atoms with van der Waals surface area (Å²) in [5.74, 6) is 1.07. The lowest BCUT2D eigenvalue weighted by molar-refractivity contribution is 0.0946. The lowest BCUT2D eigenvalue weighted by Gasteiger charge is -2.17. The van der Waals surface area contributed by atoms with Crippen molar-refractivity contribution in [3.63, 3.8) is 0 Å². The van der Waals surface area contributed by atoms with E-state index in [1.54, 1.807) is 0 Å². The third kappa shape index (κ3) is 2.93. The van der Waals surface area contributed by atoms with E-state index in [0.29, 0.717) is 18.3 Å². The van der Waals surface area contributed by atoms with E-state index in [9.17, 15) is 4.79 Å². The molecule has 2 aromatic rings. The van der Waals surface area contributed by atoms with E-state index >= 15 is 0 Å². The maximum Gasteiger partial charge on any atom is 0.267 e. The number of aromatic nitrogens is 3. The van der Waals surface area contributed by atoms with Gasteiger partial charge in [0.05, 0.1) is 0 Å². The first-order valence-electron chi connectivity index (χ1n) is 8.09. The Morgan fingerprint density at radius 3 is 2.86 bits per heavy atom. The highest BCUT2D eigenvalue weighted by atomic mass is 16.1. The number of rotatable bonds is 5. The van der Waals surface area contributed by atoms with Crippen LogP contribution in [0.1, 0.15) is 53.7 Å². The minimum atomic E-state index is -0.0248. The van der Waals surface area contributed by atoms with Crippen LogP contribution in [0, 0.1) is 6.92 Å². The molecule has 0 unspecified atom stereocenters. The minimum absolute atomic E-state index is 0.0248. The molecule has 0 aromatic carbocycles. The summed E-state index contributed by atoms with van der Waals surface area (Å²) in [6, 6.07) is 4.31. The predicted octanol–water partition coefficient (Wildman–Crippen LogP) is 2.62. The van der Waals surface area contributed by atoms with Gasteiger partial charge in [-0.25, -0.2) is 4.98 Å². The van der Waals surface area contributed by atoms with Crippen molar-refractivity contribution in [1.29, 1.82) is 0 Å². The number of amides is 1. The third-order valence-corrected chi connectivity index (χ3v) is 4.56. The molecule has 22 heavy (non-hydrogen) atoms. The molecule has 118 valence electrons. The van der Waals surface area contributed by atoms with Crippen molar-refractivity contribution >= 4 is 5.91 Å². The monoisotopic (exact) mass is 300 g/mol. The molecule has 0 aliphatic heterocycles. The number of hydrogen-bond acceptors (Lipinski definition) is 2. The summed E-state index contributed by atoms with van der Waals surface area (Å²) < 4.78 is 4.21. The smallest absolute Gasteiger partial charge is 0.267 e. The molecule has 1 amide bonds. The van der Waals surface area contributed by atoms with E-state index in [1.165, 1.54) is 31.4 Å². The molecule has 0 bridgehead atoms. The fraction of sp³-hybridized carbons (Fsp3) is 0.529. The van der Waals surface area contributed by atoms with Gasteiger partial charge in [0.1, 0.15) is 11.5 Å². The van der Waals surface area contributed by atoms with E-state index in [4.69, 9.17) is 0 Å². The van der Waals surface area contributed by atoms with Crippen molar-refractivity contribution in [2.75, 3.05) is 6.54 Å². The summed E-state index contributed by atoms with van der Waals surface area (Å²) >= 11 is 0. The van der Waals surface area contributed by atoms with Crippen LogP contribution >= 0.6 is 0 Å². The highest BCUT2D eigenvalue weighted by Crippen LogP contribution is 2.31. The van der Waals surface area contributed by atoms with Gasteiger partial charge < -0.3 is 14.5 Å². The Balaban J connectivity index is 1.60. The normalized spacial score (nSPS) is 15.4. The zero-order valence-electron chi connectivity index (χ0n) is 13.4. The number of carbonyl (C=O) groups excluding carboxylic acids is 1. The molecule has 1 aliphatic carbocycles. The Morgan fingerprint density at radius 1 is 1.41 bits per heavy atom. The van der Waals surface area contributed by atoms with Crippen LogP contribution in [0.4, 0.5) is 0 Å². The Morgan fingerprint density at radius 2 is 2.18 bits per heavy atom. The van der Waals surface area contributed by atoms with Crippen molar-refractivity contribution in [2.45, 2.75) is 45.1 Å². The third-order valence-electron chi connectivity index (χ3n) is 4.56. The summed E-state index contributed by atoms with van der Waals surface area (Å²) in [5.41, 5.74) is 1.92. The Labute approximate surface area is 131 Å². The minimum Gasteiger partial charge on any atom is -0.350 e. The maximum absolute atomic E-state index is 12.1. The van der Waals surface area contributed by atoms with Crippen molar-refractivity contribution in [2.24, 2.45) is 7.05 Å². The molecular weight excluding hydrogens is 276 g/mol. The predicted molar refractivity (Wildman–Crippen MR) is 85.9 cm³/mol. The van der Waals surface area contributed by atoms with Crippen LogP contribution in [-0.4, -0.2) is 26.6 Å². The Bertz CT molecular complexity index is 649. The number of carbonyl (C=O) groups is 1. The van der Waals surface area contributed by atoms with Gasteiger partial charge in [-0.1, -0.05) is 12.8 Å². The van der Waals surface area contributed by atoms with Gasteiger partial charge in [0.15, 0.2) is 0 Å². The van der Waals surface area contributed by atoms with Crippen LogP contribution in [0.2, 0.25) is 0 Å². The first-order chi connectivity index (χ1) is 10.7. The molecule has 5 heteroatoms. The number of hydrogen-bond donors (Lipinski definition) is 1. The SMILES string of the molecule is Cc1cnc(CCNC(=O)c2cccn2C)n1C1CCCC1. The van der Waals surface area contributed by atoms with E-state index in [0.717, 1.165) is 12.2 Å². The van der Waals surface area contributed by atoms with Gasteiger partial charge in [-0.3, -0.25) is 4.79 Å². The second kappa shape index (κ2) is 6.38. The molecule has 0 saturated heterocycles. The molecule has 1 fully saturated rings. The summed E-state index contributed by atoms with van der Waals surface area (Å²) in [6.07, 6.45) is 9.73. The van der Waals surface area contributed by atoms with Crippen LogP contribution in [-0.2, 0) is 13.5 Å². The van der Waals surface area contributed by atoms with Gasteiger partial charge in [0, 0.05) is 44.1 Å². The Kier molecular flexibility index (Phi) is 4.32. The van der Waals surface area contributed by atoms with E-state index in [-0.39, 0.29) is 5.91 Å². The zero-order chi connectivity index (χ0) is 15.5. The van der Waals surface area contributed by atoms with Gasteiger partial charge >= 0.3 is 0 Å². The zero-order valence-corrected chi connectivity index (χ0v) is 13.4. The average molecular weight is 300 g/mol. The summed E-state index contributed by atoms with van der Waals surface area (Å²) in [6.45, 7) is 2.74. The summed E-state index contributed by atoms with van der Waals surface area (Å²) in [5, 5.41) is 2.99. The van der Waals surface area contributed by atoms with Crippen molar-refractivity contribution in [3.05, 3.63) is 41.7 Å². The Hall–Kier alpha value is -2.04. The molecule has 0 atom stereocenters. The van der Waals surface area contributed by atoms with E-state index in [2.05, 4.69) is 21.8 Å². The van der Waals surface area contributed by atoms with E-state index < -0.39 is 0 Å². The number of nitrogens with zero attached hydrogens (tertiary/aromatic N) is 3. The van der Waals surface area contributed by atoms with Crippen LogP contribution in [0.3, 0.4) is 0 Å². The van der Waals surface area contributed by atoms with Gasteiger partial charge in [-0.2, -0.15) is 0 Å². The standard InChI is InChI=1S/C17H24N4O/c1-13-12-19-16(21(13)14-6-3-4-7-14)9-10-18-17(22)15-8-5-11-20(15)2/h5,8,11-12,14H,3-4,6-7,9-10H2,1-2H3,(H,18,22). The highest BCUT2D eigenvalue weighted by molar-refractivity contribution is 5.92. The van der Waals surface area contributed by atoms with Crippen molar-refractivity contribution in [1.82, 2.24) is 19.4 Å². The maximum atomic E-state index is 12.1. The van der Waals surface area contributed by atoms with Gasteiger partial charge in [-0.15, -0.1) is 0 Å². The van der Waals surface area contributed by atoms with Crippen LogP contribution in [0.15, 0.2) is 24.5 Å². The number of aryl methyl sites for hydroxylation is 2. The lowest BCUT2D eigenvalue weighted by Crippen LogP contribution is -2.28. The van der Waals surface area contributed by atoms with Crippen LogP contribution < -0.4 is 5.32 Å². The molecule has 1 saturated carbocycles. The van der Waals surface area contributed by atoms with Gasteiger partial charge in [0.2, 0.25) is 0 Å². The summed E-state index contributed by atoms with van der Waals surface area (Å²) in [7, 11) is 1.88. The largest absolute Gasteiger partial charge is 0.350 e. The fourth-order valence-corrected chi connectivity index (χ4v) is 3.42. The lowest BCUT2D eigenvalue weighted by atomic mass is 10.2. The molecule has 3 rings (SSSR count). The number of nitrogens with one attached hydrogen (secondary N) is 1. The first-order valence-corrected chi connectivity index (χ1v) is 8.09.